The topological polar surface area (TPSA) is 38.0 Å². The standard InChI is InChI=1S/C13H20N2O/c1-11-3-8-14-15(11)10-13(16)5-2-4-12(9-13)6-7-12/h3,8,16H,2,4-7,9-10H2,1H3. The van der Waals surface area contributed by atoms with Gasteiger partial charge in [-0.15, -0.1) is 0 Å². The monoisotopic (exact) mass is 220 g/mol. The number of aromatic nitrogens is 2. The lowest BCUT2D eigenvalue weighted by Gasteiger charge is -2.37. The van der Waals surface area contributed by atoms with Crippen LogP contribution in [0.25, 0.3) is 0 Å². The van der Waals surface area contributed by atoms with Crippen molar-refractivity contribution in [2.24, 2.45) is 5.41 Å². The summed E-state index contributed by atoms with van der Waals surface area (Å²) in [6, 6.07) is 2.00. The number of nitrogens with zero attached hydrogens (tertiary/aromatic N) is 2. The molecule has 16 heavy (non-hydrogen) atoms. The fourth-order valence-corrected chi connectivity index (χ4v) is 3.25. The van der Waals surface area contributed by atoms with Gasteiger partial charge in [-0.05, 0) is 56.9 Å². The second-order valence-electron chi connectivity index (χ2n) is 5.88. The Morgan fingerprint density at radius 2 is 2.19 bits per heavy atom. The van der Waals surface area contributed by atoms with Crippen molar-refractivity contribution < 1.29 is 5.11 Å². The summed E-state index contributed by atoms with van der Waals surface area (Å²) in [6.45, 7) is 2.72. The predicted molar refractivity (Wildman–Crippen MR) is 62.0 cm³/mol. The molecule has 0 aromatic carbocycles. The zero-order valence-corrected chi connectivity index (χ0v) is 9.95. The molecule has 0 bridgehead atoms. The van der Waals surface area contributed by atoms with Crippen LogP contribution in [0.4, 0.5) is 0 Å². The average Bonchev–Trinajstić information content (AvgIpc) is 2.83. The van der Waals surface area contributed by atoms with Crippen LogP contribution in [0, 0.1) is 12.3 Å². The maximum atomic E-state index is 10.7. The van der Waals surface area contributed by atoms with Gasteiger partial charge in [-0.1, -0.05) is 0 Å². The van der Waals surface area contributed by atoms with Crippen molar-refractivity contribution in [2.45, 2.75) is 57.6 Å². The number of rotatable bonds is 2. The summed E-state index contributed by atoms with van der Waals surface area (Å²) in [7, 11) is 0. The molecule has 2 fully saturated rings. The van der Waals surface area contributed by atoms with Gasteiger partial charge < -0.3 is 5.11 Å². The highest BCUT2D eigenvalue weighted by molar-refractivity contribution is 5.04. The summed E-state index contributed by atoms with van der Waals surface area (Å²) in [5.74, 6) is 0. The number of hydrogen-bond donors (Lipinski definition) is 1. The summed E-state index contributed by atoms with van der Waals surface area (Å²) in [6.07, 6.45) is 8.90. The lowest BCUT2D eigenvalue weighted by Crippen LogP contribution is -2.40. The van der Waals surface area contributed by atoms with E-state index in [0.29, 0.717) is 12.0 Å². The van der Waals surface area contributed by atoms with Crippen molar-refractivity contribution in [3.8, 4) is 0 Å². The van der Waals surface area contributed by atoms with Crippen LogP contribution < -0.4 is 0 Å². The van der Waals surface area contributed by atoms with Crippen LogP contribution in [0.2, 0.25) is 0 Å². The molecule has 2 saturated carbocycles. The highest BCUT2D eigenvalue weighted by atomic mass is 16.3. The van der Waals surface area contributed by atoms with Gasteiger partial charge in [0.15, 0.2) is 0 Å². The number of hydrogen-bond acceptors (Lipinski definition) is 2. The highest BCUT2D eigenvalue weighted by Gasteiger charge is 2.51. The van der Waals surface area contributed by atoms with Gasteiger partial charge in [0.1, 0.15) is 0 Å². The van der Waals surface area contributed by atoms with Gasteiger partial charge in [-0.25, -0.2) is 0 Å². The summed E-state index contributed by atoms with van der Waals surface area (Å²) in [4.78, 5) is 0. The minimum atomic E-state index is -0.508. The Balaban J connectivity index is 1.75. The Morgan fingerprint density at radius 1 is 1.38 bits per heavy atom. The van der Waals surface area contributed by atoms with E-state index in [4.69, 9.17) is 0 Å². The molecule has 3 nitrogen and oxygen atoms in total. The molecule has 88 valence electrons. The minimum Gasteiger partial charge on any atom is -0.388 e. The van der Waals surface area contributed by atoms with Gasteiger partial charge in [0.05, 0.1) is 12.1 Å². The molecule has 2 aliphatic rings. The molecule has 1 N–H and O–H groups in total. The van der Waals surface area contributed by atoms with Crippen LogP contribution in [0.15, 0.2) is 12.3 Å². The first kappa shape index (κ1) is 10.3. The Morgan fingerprint density at radius 3 is 2.81 bits per heavy atom. The van der Waals surface area contributed by atoms with Crippen molar-refractivity contribution >= 4 is 0 Å². The Labute approximate surface area is 96.5 Å². The zero-order chi connectivity index (χ0) is 11.2. The van der Waals surface area contributed by atoms with E-state index in [0.717, 1.165) is 18.5 Å². The minimum absolute atomic E-state index is 0.508. The zero-order valence-electron chi connectivity index (χ0n) is 9.95. The summed E-state index contributed by atoms with van der Waals surface area (Å²) in [5, 5.41) is 15.0. The average molecular weight is 220 g/mol. The lowest BCUT2D eigenvalue weighted by atomic mass is 9.76. The maximum absolute atomic E-state index is 10.7. The van der Waals surface area contributed by atoms with Gasteiger partial charge in [0.2, 0.25) is 0 Å². The molecule has 3 rings (SSSR count). The van der Waals surface area contributed by atoms with Crippen LogP contribution in [-0.2, 0) is 6.54 Å². The van der Waals surface area contributed by atoms with E-state index in [1.807, 2.05) is 23.9 Å². The van der Waals surface area contributed by atoms with Crippen molar-refractivity contribution in [2.75, 3.05) is 0 Å². The second-order valence-corrected chi connectivity index (χ2v) is 5.88. The molecule has 1 atom stereocenters. The second kappa shape index (κ2) is 3.33. The van der Waals surface area contributed by atoms with E-state index < -0.39 is 5.60 Å². The van der Waals surface area contributed by atoms with Crippen molar-refractivity contribution in [3.63, 3.8) is 0 Å². The molecule has 0 radical (unpaired) electrons. The molecular formula is C13H20N2O. The molecule has 0 amide bonds. The molecule has 3 heteroatoms. The van der Waals surface area contributed by atoms with E-state index >= 15 is 0 Å². The lowest BCUT2D eigenvalue weighted by molar-refractivity contribution is -0.0387. The summed E-state index contributed by atoms with van der Waals surface area (Å²) < 4.78 is 1.95. The third-order valence-electron chi connectivity index (χ3n) is 4.38. The largest absolute Gasteiger partial charge is 0.388 e. The first-order valence-corrected chi connectivity index (χ1v) is 6.32. The fourth-order valence-electron chi connectivity index (χ4n) is 3.25. The summed E-state index contributed by atoms with van der Waals surface area (Å²) in [5.41, 5.74) is 1.14. The molecule has 1 heterocycles. The predicted octanol–water partition coefficient (Wildman–Crippen LogP) is 2.28. The molecule has 2 aliphatic carbocycles. The molecule has 1 aromatic heterocycles. The van der Waals surface area contributed by atoms with Crippen molar-refractivity contribution in [1.29, 1.82) is 0 Å². The molecule has 0 aliphatic heterocycles. The fraction of sp³-hybridized carbons (Fsp3) is 0.769. The van der Waals surface area contributed by atoms with E-state index in [1.54, 1.807) is 0 Å². The van der Waals surface area contributed by atoms with Crippen LogP contribution in [-0.4, -0.2) is 20.5 Å². The van der Waals surface area contributed by atoms with Crippen molar-refractivity contribution in [3.05, 3.63) is 18.0 Å². The smallest absolute Gasteiger partial charge is 0.0848 e. The van der Waals surface area contributed by atoms with Crippen LogP contribution >= 0.6 is 0 Å². The first-order valence-electron chi connectivity index (χ1n) is 6.32. The molecule has 0 saturated heterocycles. The van der Waals surface area contributed by atoms with Gasteiger partial charge >= 0.3 is 0 Å². The van der Waals surface area contributed by atoms with Gasteiger partial charge in [-0.2, -0.15) is 5.10 Å². The van der Waals surface area contributed by atoms with E-state index in [9.17, 15) is 5.11 Å². The normalized spacial score (nSPS) is 31.9. The molecule has 1 unspecified atom stereocenters. The summed E-state index contributed by atoms with van der Waals surface area (Å²) >= 11 is 0. The Hall–Kier alpha value is -0.830. The SMILES string of the molecule is Cc1ccnn1CC1(O)CCCC2(CC2)C1. The molecule has 1 spiro atoms. The third-order valence-corrected chi connectivity index (χ3v) is 4.38. The molecule has 1 aromatic rings. The van der Waals surface area contributed by atoms with E-state index in [-0.39, 0.29) is 0 Å². The van der Waals surface area contributed by atoms with E-state index in [2.05, 4.69) is 5.10 Å². The van der Waals surface area contributed by atoms with Crippen LogP contribution in [0.5, 0.6) is 0 Å². The first-order chi connectivity index (χ1) is 7.61. The number of aliphatic hydroxyl groups is 1. The maximum Gasteiger partial charge on any atom is 0.0848 e. The van der Waals surface area contributed by atoms with Gasteiger partial charge in [0, 0.05) is 11.9 Å². The van der Waals surface area contributed by atoms with E-state index in [1.165, 1.54) is 25.7 Å². The Bertz CT molecular complexity index is 394. The third kappa shape index (κ3) is 1.77. The number of aryl methyl sites for hydroxylation is 1. The Kier molecular flexibility index (Phi) is 2.15. The van der Waals surface area contributed by atoms with Gasteiger partial charge in [-0.3, -0.25) is 4.68 Å². The highest BCUT2D eigenvalue weighted by Crippen LogP contribution is 2.58. The van der Waals surface area contributed by atoms with Crippen LogP contribution in [0.1, 0.15) is 44.2 Å². The quantitative estimate of drug-likeness (QED) is 0.830. The van der Waals surface area contributed by atoms with Crippen molar-refractivity contribution in [1.82, 2.24) is 9.78 Å². The molecular weight excluding hydrogens is 200 g/mol. The van der Waals surface area contributed by atoms with Gasteiger partial charge in [0.25, 0.3) is 0 Å². The van der Waals surface area contributed by atoms with Crippen LogP contribution in [0.3, 0.4) is 0 Å².